The zero-order chi connectivity index (χ0) is 19.5. The van der Waals surface area contributed by atoms with Crippen molar-refractivity contribution in [1.29, 1.82) is 0 Å². The van der Waals surface area contributed by atoms with E-state index < -0.39 is 0 Å². The Morgan fingerprint density at radius 2 is 2.04 bits per heavy atom. The van der Waals surface area contributed by atoms with Crippen LogP contribution in [0, 0.1) is 5.92 Å². The molecule has 0 bridgehead atoms. The lowest BCUT2D eigenvalue weighted by molar-refractivity contribution is 0.0548. The number of hydrogen-bond acceptors (Lipinski definition) is 4. The summed E-state index contributed by atoms with van der Waals surface area (Å²) in [5, 5.41) is 6.77. The minimum Gasteiger partial charge on any atom is -0.493 e. The normalized spacial score (nSPS) is 15.7. The summed E-state index contributed by atoms with van der Waals surface area (Å²) >= 11 is 0. The molecular formula is C21H36N4O2. The summed E-state index contributed by atoms with van der Waals surface area (Å²) in [6, 6.07) is 8.21. The average Bonchev–Trinajstić information content (AvgIpc) is 3.49. The summed E-state index contributed by atoms with van der Waals surface area (Å²) in [5.74, 6) is 2.49. The molecule has 1 unspecified atom stereocenters. The minimum atomic E-state index is 0.171. The van der Waals surface area contributed by atoms with E-state index >= 15 is 0 Å². The molecule has 0 heterocycles. The van der Waals surface area contributed by atoms with Gasteiger partial charge < -0.3 is 25.0 Å². The fourth-order valence-electron chi connectivity index (χ4n) is 2.78. The van der Waals surface area contributed by atoms with Crippen molar-refractivity contribution < 1.29 is 9.47 Å². The maximum Gasteiger partial charge on any atom is 0.191 e. The highest BCUT2D eigenvalue weighted by Crippen LogP contribution is 2.30. The topological polar surface area (TPSA) is 58.1 Å². The van der Waals surface area contributed by atoms with Crippen LogP contribution in [0.2, 0.25) is 0 Å². The Hall–Kier alpha value is -1.79. The van der Waals surface area contributed by atoms with Gasteiger partial charge in [0, 0.05) is 38.9 Å². The highest BCUT2D eigenvalue weighted by atomic mass is 16.5. The third-order valence-corrected chi connectivity index (χ3v) is 4.61. The van der Waals surface area contributed by atoms with Gasteiger partial charge in [-0.25, -0.2) is 0 Å². The van der Waals surface area contributed by atoms with E-state index in [9.17, 15) is 0 Å². The Balaban J connectivity index is 1.80. The first-order valence-electron chi connectivity index (χ1n) is 10.0. The van der Waals surface area contributed by atoms with Crippen molar-refractivity contribution in [2.45, 2.75) is 38.8 Å². The van der Waals surface area contributed by atoms with Crippen LogP contribution in [-0.2, 0) is 11.3 Å². The van der Waals surface area contributed by atoms with Crippen molar-refractivity contribution in [3.8, 4) is 5.75 Å². The number of rotatable bonds is 12. The van der Waals surface area contributed by atoms with Gasteiger partial charge in [0.05, 0.1) is 12.7 Å². The van der Waals surface area contributed by atoms with Gasteiger partial charge >= 0.3 is 0 Å². The van der Waals surface area contributed by atoms with Crippen molar-refractivity contribution in [3.63, 3.8) is 0 Å². The second-order valence-electron chi connectivity index (χ2n) is 7.34. The predicted octanol–water partition coefficient (Wildman–Crippen LogP) is 2.50. The summed E-state index contributed by atoms with van der Waals surface area (Å²) in [6.45, 7) is 6.00. The summed E-state index contributed by atoms with van der Waals surface area (Å²) < 4.78 is 11.8. The van der Waals surface area contributed by atoms with E-state index in [0.29, 0.717) is 6.54 Å². The molecule has 0 aromatic heterocycles. The van der Waals surface area contributed by atoms with E-state index in [1.54, 1.807) is 7.05 Å². The van der Waals surface area contributed by atoms with Crippen LogP contribution in [0.15, 0.2) is 29.3 Å². The van der Waals surface area contributed by atoms with Gasteiger partial charge in [-0.05, 0) is 52.3 Å². The van der Waals surface area contributed by atoms with E-state index in [4.69, 9.17) is 9.47 Å². The van der Waals surface area contributed by atoms with Crippen LogP contribution >= 0.6 is 0 Å². The first kappa shape index (κ1) is 21.5. The monoisotopic (exact) mass is 376 g/mol. The van der Waals surface area contributed by atoms with E-state index in [0.717, 1.165) is 55.9 Å². The Morgan fingerprint density at radius 3 is 2.70 bits per heavy atom. The SMILES string of the molecule is CCOC(CCN(C)C)CNC(=NC)NCc1ccccc1OCC1CC1. The minimum absolute atomic E-state index is 0.171. The number of nitrogens with zero attached hydrogens (tertiary/aromatic N) is 2. The Kier molecular flexibility index (Phi) is 9.42. The molecule has 1 aliphatic carbocycles. The second kappa shape index (κ2) is 11.8. The quantitative estimate of drug-likeness (QED) is 0.434. The third kappa shape index (κ3) is 8.63. The maximum absolute atomic E-state index is 5.99. The van der Waals surface area contributed by atoms with Crippen molar-refractivity contribution >= 4 is 5.96 Å². The van der Waals surface area contributed by atoms with Crippen LogP contribution < -0.4 is 15.4 Å². The van der Waals surface area contributed by atoms with Crippen LogP contribution in [0.3, 0.4) is 0 Å². The molecule has 1 atom stereocenters. The zero-order valence-corrected chi connectivity index (χ0v) is 17.3. The molecule has 152 valence electrons. The fourth-order valence-corrected chi connectivity index (χ4v) is 2.78. The van der Waals surface area contributed by atoms with E-state index in [-0.39, 0.29) is 6.10 Å². The zero-order valence-electron chi connectivity index (χ0n) is 17.3. The van der Waals surface area contributed by atoms with Crippen LogP contribution in [0.25, 0.3) is 0 Å². The standard InChI is InChI=1S/C21H36N4O2/c1-5-26-19(12-13-25(3)4)15-24-21(22-2)23-14-18-8-6-7-9-20(18)27-16-17-10-11-17/h6-9,17,19H,5,10-16H2,1-4H3,(H2,22,23,24). The molecule has 0 amide bonds. The second-order valence-corrected chi connectivity index (χ2v) is 7.34. The lowest BCUT2D eigenvalue weighted by atomic mass is 10.2. The average molecular weight is 377 g/mol. The Morgan fingerprint density at radius 1 is 1.26 bits per heavy atom. The molecule has 1 saturated carbocycles. The summed E-state index contributed by atoms with van der Waals surface area (Å²) in [6.07, 6.45) is 3.76. The molecule has 2 rings (SSSR count). The van der Waals surface area contributed by atoms with Gasteiger partial charge in [-0.2, -0.15) is 0 Å². The maximum atomic E-state index is 5.99. The Bertz CT molecular complexity index is 573. The van der Waals surface area contributed by atoms with Gasteiger partial charge in [0.15, 0.2) is 5.96 Å². The van der Waals surface area contributed by atoms with Gasteiger partial charge in [-0.15, -0.1) is 0 Å². The lowest BCUT2D eigenvalue weighted by Gasteiger charge is -2.21. The van der Waals surface area contributed by atoms with Crippen LogP contribution in [0.4, 0.5) is 0 Å². The van der Waals surface area contributed by atoms with Gasteiger partial charge in [-0.1, -0.05) is 18.2 Å². The predicted molar refractivity (Wildman–Crippen MR) is 111 cm³/mol. The molecule has 0 spiro atoms. The first-order chi connectivity index (χ1) is 13.1. The molecule has 0 aliphatic heterocycles. The Labute approximate surface area is 164 Å². The van der Waals surface area contributed by atoms with Crippen molar-refractivity contribution in [3.05, 3.63) is 29.8 Å². The molecule has 1 aromatic rings. The van der Waals surface area contributed by atoms with E-state index in [2.05, 4.69) is 40.7 Å². The molecule has 2 N–H and O–H groups in total. The number of benzene rings is 1. The molecule has 0 saturated heterocycles. The first-order valence-corrected chi connectivity index (χ1v) is 10.0. The fraction of sp³-hybridized carbons (Fsp3) is 0.667. The molecule has 6 nitrogen and oxygen atoms in total. The number of hydrogen-bond donors (Lipinski definition) is 2. The smallest absolute Gasteiger partial charge is 0.191 e. The number of guanidine groups is 1. The number of para-hydroxylation sites is 1. The largest absolute Gasteiger partial charge is 0.493 e. The van der Waals surface area contributed by atoms with Crippen LogP contribution in [-0.4, -0.2) is 64.4 Å². The molecule has 0 radical (unpaired) electrons. The van der Waals surface area contributed by atoms with E-state index in [1.165, 1.54) is 12.8 Å². The van der Waals surface area contributed by atoms with Crippen LogP contribution in [0.5, 0.6) is 5.75 Å². The molecule has 1 aliphatic rings. The highest BCUT2D eigenvalue weighted by Gasteiger charge is 2.22. The van der Waals surface area contributed by atoms with Gasteiger partial charge in [0.25, 0.3) is 0 Å². The third-order valence-electron chi connectivity index (χ3n) is 4.61. The summed E-state index contributed by atoms with van der Waals surface area (Å²) in [4.78, 5) is 6.51. The lowest BCUT2D eigenvalue weighted by Crippen LogP contribution is -2.42. The number of aliphatic imine (C=N–C) groups is 1. The van der Waals surface area contributed by atoms with Crippen molar-refractivity contribution in [2.75, 3.05) is 47.4 Å². The number of ether oxygens (including phenoxy) is 2. The van der Waals surface area contributed by atoms with Gasteiger partial charge in [0.1, 0.15) is 5.75 Å². The molecule has 1 aromatic carbocycles. The molecule has 27 heavy (non-hydrogen) atoms. The van der Waals surface area contributed by atoms with Crippen molar-refractivity contribution in [1.82, 2.24) is 15.5 Å². The molecule has 6 heteroatoms. The molecular weight excluding hydrogens is 340 g/mol. The van der Waals surface area contributed by atoms with Gasteiger partial charge in [0.2, 0.25) is 0 Å². The summed E-state index contributed by atoms with van der Waals surface area (Å²) in [5.41, 5.74) is 1.15. The van der Waals surface area contributed by atoms with Crippen LogP contribution in [0.1, 0.15) is 31.7 Å². The summed E-state index contributed by atoms with van der Waals surface area (Å²) in [7, 11) is 5.96. The molecule has 1 fully saturated rings. The van der Waals surface area contributed by atoms with Gasteiger partial charge in [-0.3, -0.25) is 4.99 Å². The van der Waals surface area contributed by atoms with E-state index in [1.807, 2.05) is 25.1 Å². The van der Waals surface area contributed by atoms with Crippen molar-refractivity contribution in [2.24, 2.45) is 10.9 Å². The highest BCUT2D eigenvalue weighted by molar-refractivity contribution is 5.79. The number of nitrogens with one attached hydrogen (secondary N) is 2.